The first-order valence-electron chi connectivity index (χ1n) is 6.10. The van der Waals surface area contributed by atoms with E-state index in [2.05, 4.69) is 13.0 Å². The molecule has 0 fully saturated rings. The van der Waals surface area contributed by atoms with Crippen molar-refractivity contribution in [1.82, 2.24) is 0 Å². The van der Waals surface area contributed by atoms with Gasteiger partial charge in [0.05, 0.1) is 6.61 Å². The van der Waals surface area contributed by atoms with Crippen LogP contribution in [0.5, 0.6) is 0 Å². The lowest BCUT2D eigenvalue weighted by atomic mass is 10.00. The maximum atomic E-state index is 11.2. The van der Waals surface area contributed by atoms with Gasteiger partial charge in [0, 0.05) is 11.4 Å². The average molecular weight is 255 g/mol. The predicted octanol–water partition coefficient (Wildman–Crippen LogP) is 3.79. The van der Waals surface area contributed by atoms with Crippen LogP contribution in [-0.2, 0) is 22.4 Å². The molecule has 0 radical (unpaired) electrons. The molecule has 94 valence electrons. The van der Waals surface area contributed by atoms with Crippen LogP contribution in [0.25, 0.3) is 0 Å². The fourth-order valence-corrected chi connectivity index (χ4v) is 2.22. The van der Waals surface area contributed by atoms with Crippen LogP contribution >= 0.6 is 11.6 Å². The molecule has 1 aromatic rings. The van der Waals surface area contributed by atoms with Gasteiger partial charge in [-0.25, -0.2) is 0 Å². The van der Waals surface area contributed by atoms with Crippen LogP contribution in [0.4, 0.5) is 0 Å². The Bertz CT molecular complexity index is 374. The van der Waals surface area contributed by atoms with E-state index in [-0.39, 0.29) is 5.97 Å². The maximum absolute atomic E-state index is 11.2. The second-order valence-electron chi connectivity index (χ2n) is 3.89. The van der Waals surface area contributed by atoms with Gasteiger partial charge in [0.25, 0.3) is 0 Å². The summed E-state index contributed by atoms with van der Waals surface area (Å²) in [6.07, 6.45) is 3.09. The van der Waals surface area contributed by atoms with Gasteiger partial charge in [0.1, 0.15) is 0 Å². The van der Waals surface area contributed by atoms with Gasteiger partial charge in [-0.05, 0) is 43.4 Å². The van der Waals surface area contributed by atoms with Gasteiger partial charge in [-0.15, -0.1) is 0 Å². The van der Waals surface area contributed by atoms with Crippen LogP contribution in [0, 0.1) is 0 Å². The van der Waals surface area contributed by atoms with Crippen molar-refractivity contribution < 1.29 is 9.53 Å². The standard InChI is InChI=1S/C14H19ClO2/c1-3-12-11(7-5-9-13(12)15)8-6-10-14(16)17-4-2/h5,7,9H,3-4,6,8,10H2,1-2H3. The molecule has 17 heavy (non-hydrogen) atoms. The Balaban J connectivity index is 2.52. The zero-order chi connectivity index (χ0) is 12.7. The highest BCUT2D eigenvalue weighted by Crippen LogP contribution is 2.22. The number of benzene rings is 1. The van der Waals surface area contributed by atoms with E-state index in [4.69, 9.17) is 16.3 Å². The Morgan fingerprint density at radius 1 is 1.35 bits per heavy atom. The highest BCUT2D eigenvalue weighted by Gasteiger charge is 2.06. The fraction of sp³-hybridized carbons (Fsp3) is 0.500. The second kappa shape index (κ2) is 7.33. The van der Waals surface area contributed by atoms with Crippen LogP contribution in [0.3, 0.4) is 0 Å². The first-order chi connectivity index (χ1) is 8.19. The molecule has 0 aliphatic rings. The van der Waals surface area contributed by atoms with Crippen molar-refractivity contribution in [2.24, 2.45) is 0 Å². The summed E-state index contributed by atoms with van der Waals surface area (Å²) in [6, 6.07) is 5.95. The summed E-state index contributed by atoms with van der Waals surface area (Å²) in [5.41, 5.74) is 2.43. The monoisotopic (exact) mass is 254 g/mol. The molecule has 0 aromatic heterocycles. The SMILES string of the molecule is CCOC(=O)CCCc1cccc(Cl)c1CC. The Labute approximate surface area is 108 Å². The van der Waals surface area contributed by atoms with Crippen LogP contribution in [0.1, 0.15) is 37.8 Å². The quantitative estimate of drug-likeness (QED) is 0.722. The molecule has 1 aromatic carbocycles. The number of rotatable bonds is 6. The molecule has 0 saturated heterocycles. The van der Waals surface area contributed by atoms with E-state index in [9.17, 15) is 4.79 Å². The molecule has 0 unspecified atom stereocenters. The highest BCUT2D eigenvalue weighted by molar-refractivity contribution is 6.31. The maximum Gasteiger partial charge on any atom is 0.305 e. The predicted molar refractivity (Wildman–Crippen MR) is 70.4 cm³/mol. The van der Waals surface area contributed by atoms with Gasteiger partial charge in [0.15, 0.2) is 0 Å². The number of ether oxygens (including phenoxy) is 1. The van der Waals surface area contributed by atoms with Gasteiger partial charge >= 0.3 is 5.97 Å². The van der Waals surface area contributed by atoms with Gasteiger partial charge in [-0.2, -0.15) is 0 Å². The van der Waals surface area contributed by atoms with E-state index < -0.39 is 0 Å². The number of aryl methyl sites for hydroxylation is 1. The van der Waals surface area contributed by atoms with E-state index in [1.165, 1.54) is 11.1 Å². The van der Waals surface area contributed by atoms with Crippen molar-refractivity contribution in [1.29, 1.82) is 0 Å². The third-order valence-electron chi connectivity index (χ3n) is 2.70. The lowest BCUT2D eigenvalue weighted by molar-refractivity contribution is -0.143. The summed E-state index contributed by atoms with van der Waals surface area (Å²) >= 11 is 6.13. The van der Waals surface area contributed by atoms with Crippen molar-refractivity contribution in [3.8, 4) is 0 Å². The average Bonchev–Trinajstić information content (AvgIpc) is 2.29. The summed E-state index contributed by atoms with van der Waals surface area (Å²) in [4.78, 5) is 11.2. The number of halogens is 1. The van der Waals surface area contributed by atoms with E-state index >= 15 is 0 Å². The summed E-state index contributed by atoms with van der Waals surface area (Å²) in [5, 5.41) is 0.820. The molecule has 0 amide bonds. The summed E-state index contributed by atoms with van der Waals surface area (Å²) in [7, 11) is 0. The van der Waals surface area contributed by atoms with Gasteiger partial charge in [-0.3, -0.25) is 4.79 Å². The van der Waals surface area contributed by atoms with Crippen LogP contribution < -0.4 is 0 Å². The van der Waals surface area contributed by atoms with Crippen LogP contribution in [0.15, 0.2) is 18.2 Å². The van der Waals surface area contributed by atoms with E-state index in [1.54, 1.807) is 0 Å². The molecule has 0 saturated carbocycles. The Kier molecular flexibility index (Phi) is 6.06. The first-order valence-corrected chi connectivity index (χ1v) is 6.48. The highest BCUT2D eigenvalue weighted by atomic mass is 35.5. The second-order valence-corrected chi connectivity index (χ2v) is 4.30. The minimum atomic E-state index is -0.118. The molecular formula is C14H19ClO2. The number of hydrogen-bond acceptors (Lipinski definition) is 2. The Morgan fingerprint density at radius 2 is 2.12 bits per heavy atom. The summed E-state index contributed by atoms with van der Waals surface area (Å²) in [6.45, 7) is 4.37. The largest absolute Gasteiger partial charge is 0.466 e. The Hall–Kier alpha value is -1.02. The molecule has 0 bridgehead atoms. The fourth-order valence-electron chi connectivity index (χ4n) is 1.89. The number of carbonyl (C=O) groups is 1. The van der Waals surface area contributed by atoms with Crippen molar-refractivity contribution in [3.63, 3.8) is 0 Å². The minimum Gasteiger partial charge on any atom is -0.466 e. The molecule has 0 N–H and O–H groups in total. The van der Waals surface area contributed by atoms with E-state index in [1.807, 2.05) is 19.1 Å². The third kappa shape index (κ3) is 4.39. The molecular weight excluding hydrogens is 236 g/mol. The first kappa shape index (κ1) is 14.0. The topological polar surface area (TPSA) is 26.3 Å². The molecule has 0 heterocycles. The van der Waals surface area contributed by atoms with Gasteiger partial charge < -0.3 is 4.74 Å². The van der Waals surface area contributed by atoms with Crippen LogP contribution in [-0.4, -0.2) is 12.6 Å². The molecule has 0 spiro atoms. The van der Waals surface area contributed by atoms with E-state index in [0.717, 1.165) is 24.3 Å². The molecule has 0 aliphatic heterocycles. The van der Waals surface area contributed by atoms with Crippen molar-refractivity contribution in [3.05, 3.63) is 34.3 Å². The zero-order valence-corrected chi connectivity index (χ0v) is 11.2. The molecule has 3 heteroatoms. The van der Waals surface area contributed by atoms with Crippen molar-refractivity contribution in [2.45, 2.75) is 39.5 Å². The third-order valence-corrected chi connectivity index (χ3v) is 3.06. The van der Waals surface area contributed by atoms with Gasteiger partial charge in [0.2, 0.25) is 0 Å². The minimum absolute atomic E-state index is 0.118. The normalized spacial score (nSPS) is 10.3. The van der Waals surface area contributed by atoms with Crippen molar-refractivity contribution >= 4 is 17.6 Å². The molecule has 0 aliphatic carbocycles. The molecule has 0 atom stereocenters. The zero-order valence-electron chi connectivity index (χ0n) is 10.5. The van der Waals surface area contributed by atoms with Crippen molar-refractivity contribution in [2.75, 3.05) is 6.61 Å². The number of hydrogen-bond donors (Lipinski definition) is 0. The van der Waals surface area contributed by atoms with E-state index in [0.29, 0.717) is 13.0 Å². The number of esters is 1. The molecule has 2 nitrogen and oxygen atoms in total. The molecule has 1 rings (SSSR count). The van der Waals surface area contributed by atoms with Crippen LogP contribution in [0.2, 0.25) is 5.02 Å². The lowest BCUT2D eigenvalue weighted by Gasteiger charge is -2.09. The summed E-state index contributed by atoms with van der Waals surface area (Å²) < 4.78 is 4.90. The summed E-state index contributed by atoms with van der Waals surface area (Å²) in [5.74, 6) is -0.118. The van der Waals surface area contributed by atoms with Gasteiger partial charge in [-0.1, -0.05) is 30.7 Å². The lowest BCUT2D eigenvalue weighted by Crippen LogP contribution is -2.04. The Morgan fingerprint density at radius 3 is 2.76 bits per heavy atom. The number of carbonyl (C=O) groups excluding carboxylic acids is 1. The smallest absolute Gasteiger partial charge is 0.305 e.